The Bertz CT molecular complexity index is 936. The Morgan fingerprint density at radius 2 is 1.87 bits per heavy atom. The summed E-state index contributed by atoms with van der Waals surface area (Å²) in [5.74, 6) is -1.53. The molecule has 160 valence electrons. The van der Waals surface area contributed by atoms with Crippen molar-refractivity contribution in [1.29, 1.82) is 0 Å². The largest absolute Gasteiger partial charge is 0.365 e. The lowest BCUT2D eigenvalue weighted by Crippen LogP contribution is -2.65. The molecule has 30 heavy (non-hydrogen) atoms. The summed E-state index contributed by atoms with van der Waals surface area (Å²) in [6, 6.07) is 2.74. The normalized spacial score (nSPS) is 35.2. The van der Waals surface area contributed by atoms with Gasteiger partial charge in [-0.2, -0.15) is 0 Å². The van der Waals surface area contributed by atoms with Crippen LogP contribution in [-0.4, -0.2) is 54.0 Å². The van der Waals surface area contributed by atoms with Crippen molar-refractivity contribution in [3.63, 3.8) is 0 Å². The molecule has 4 amide bonds. The van der Waals surface area contributed by atoms with Gasteiger partial charge in [-0.3, -0.25) is 14.9 Å². The molecule has 0 aromatic heterocycles. The number of hydrogen-bond donors (Lipinski definition) is 2. The van der Waals surface area contributed by atoms with Gasteiger partial charge in [0.05, 0.1) is 5.41 Å². The van der Waals surface area contributed by atoms with Gasteiger partial charge < -0.3 is 15.1 Å². The van der Waals surface area contributed by atoms with Crippen molar-refractivity contribution in [1.82, 2.24) is 15.5 Å². The molecule has 2 N–H and O–H groups in total. The molecule has 9 heteroatoms. The Labute approximate surface area is 172 Å². The highest BCUT2D eigenvalue weighted by molar-refractivity contribution is 6.11. The molecule has 2 heterocycles. The first kappa shape index (κ1) is 19.3. The third-order valence-corrected chi connectivity index (χ3v) is 7.47. The number of rotatable bonds is 2. The summed E-state index contributed by atoms with van der Waals surface area (Å²) in [6.07, 6.45) is 2.54. The third kappa shape index (κ3) is 2.56. The Morgan fingerprint density at radius 1 is 1.13 bits per heavy atom. The molecule has 2 saturated heterocycles. The Morgan fingerprint density at radius 3 is 2.47 bits per heavy atom. The molecule has 2 bridgehead atoms. The standard InChI is InChI=1S/C21H24F2N4O3/c1-12-11-26(4-5-27(12)16-7-14(22)6-15(23)8-16)18(29)20-3-2-13(9-20)10-21(20)17(28)24-19(30)25-21/h6-8,12-13H,2-5,9-11H2,1H3,(H2,24,25,28,30)/t12-,13?,20?,21?/m0/s1. The molecule has 2 aliphatic heterocycles. The third-order valence-electron chi connectivity index (χ3n) is 7.47. The van der Waals surface area contributed by atoms with Gasteiger partial charge in [0.2, 0.25) is 5.91 Å². The van der Waals surface area contributed by atoms with E-state index in [2.05, 4.69) is 10.6 Å². The minimum Gasteiger partial charge on any atom is -0.365 e. The van der Waals surface area contributed by atoms with Crippen LogP contribution in [0.1, 0.15) is 32.6 Å². The molecule has 1 spiro atoms. The maximum atomic E-state index is 13.7. The van der Waals surface area contributed by atoms with Crippen LogP contribution in [0.5, 0.6) is 0 Å². The highest BCUT2D eigenvalue weighted by Gasteiger charge is 2.72. The molecule has 3 unspecified atom stereocenters. The summed E-state index contributed by atoms with van der Waals surface area (Å²) in [6.45, 7) is 3.11. The maximum Gasteiger partial charge on any atom is 0.322 e. The average Bonchev–Trinajstić information content (AvgIpc) is 3.32. The number of urea groups is 1. The van der Waals surface area contributed by atoms with E-state index in [1.165, 1.54) is 12.1 Å². The van der Waals surface area contributed by atoms with Gasteiger partial charge in [-0.1, -0.05) is 0 Å². The fourth-order valence-electron chi connectivity index (χ4n) is 6.22. The molecule has 4 fully saturated rings. The Kier molecular flexibility index (Phi) is 4.10. The zero-order chi connectivity index (χ0) is 21.3. The molecule has 1 aromatic rings. The second kappa shape index (κ2) is 6.39. The predicted octanol–water partition coefficient (Wildman–Crippen LogP) is 1.77. The summed E-state index contributed by atoms with van der Waals surface area (Å²) in [7, 11) is 0. The molecule has 0 radical (unpaired) electrons. The summed E-state index contributed by atoms with van der Waals surface area (Å²) >= 11 is 0. The van der Waals surface area contributed by atoms with E-state index < -0.39 is 34.5 Å². The van der Waals surface area contributed by atoms with Crippen molar-refractivity contribution in [3.8, 4) is 0 Å². The van der Waals surface area contributed by atoms with Crippen LogP contribution in [0.25, 0.3) is 0 Å². The van der Waals surface area contributed by atoms with E-state index in [4.69, 9.17) is 0 Å². The van der Waals surface area contributed by atoms with Gasteiger partial charge in [0, 0.05) is 37.4 Å². The average molecular weight is 418 g/mol. The fraction of sp³-hybridized carbons (Fsp3) is 0.571. The lowest BCUT2D eigenvalue weighted by atomic mass is 9.67. The van der Waals surface area contributed by atoms with Gasteiger partial charge in [-0.05, 0) is 50.7 Å². The zero-order valence-electron chi connectivity index (χ0n) is 16.7. The quantitative estimate of drug-likeness (QED) is 0.718. The number of nitrogens with one attached hydrogen (secondary N) is 2. The fourth-order valence-corrected chi connectivity index (χ4v) is 6.22. The number of amides is 4. The van der Waals surface area contributed by atoms with Crippen molar-refractivity contribution in [2.24, 2.45) is 11.3 Å². The van der Waals surface area contributed by atoms with Gasteiger partial charge in [-0.25, -0.2) is 13.6 Å². The Balaban J connectivity index is 1.39. The van der Waals surface area contributed by atoms with E-state index >= 15 is 0 Å². The van der Waals surface area contributed by atoms with Crippen LogP contribution in [0, 0.1) is 23.0 Å². The van der Waals surface area contributed by atoms with E-state index in [1.54, 1.807) is 4.90 Å². The number of piperazine rings is 1. The van der Waals surface area contributed by atoms with Crippen LogP contribution in [0.15, 0.2) is 18.2 Å². The van der Waals surface area contributed by atoms with Gasteiger partial charge in [0.1, 0.15) is 17.2 Å². The lowest BCUT2D eigenvalue weighted by molar-refractivity contribution is -0.151. The minimum atomic E-state index is -1.16. The smallest absolute Gasteiger partial charge is 0.322 e. The predicted molar refractivity (Wildman–Crippen MR) is 104 cm³/mol. The highest BCUT2D eigenvalue weighted by atomic mass is 19.1. The summed E-state index contributed by atoms with van der Waals surface area (Å²) in [5, 5.41) is 5.11. The number of carbonyl (C=O) groups excluding carboxylic acids is 3. The van der Waals surface area contributed by atoms with E-state index in [9.17, 15) is 23.2 Å². The number of fused-ring (bicyclic) bond motifs is 3. The molecular weight excluding hydrogens is 394 g/mol. The molecule has 2 saturated carbocycles. The SMILES string of the molecule is C[C@H]1CN(C(=O)C23CCC(C2)CC32NC(=O)NC2=O)CCN1c1cc(F)cc(F)c1. The van der Waals surface area contributed by atoms with Crippen molar-refractivity contribution < 1.29 is 23.2 Å². The number of carbonyl (C=O) groups is 3. The van der Waals surface area contributed by atoms with Gasteiger partial charge >= 0.3 is 6.03 Å². The van der Waals surface area contributed by atoms with Crippen LogP contribution >= 0.6 is 0 Å². The van der Waals surface area contributed by atoms with Gasteiger partial charge in [0.15, 0.2) is 0 Å². The van der Waals surface area contributed by atoms with E-state index in [-0.39, 0.29) is 17.9 Å². The summed E-state index contributed by atoms with van der Waals surface area (Å²) in [5.41, 5.74) is -1.62. The van der Waals surface area contributed by atoms with E-state index in [0.717, 1.165) is 12.5 Å². The maximum absolute atomic E-state index is 13.7. The first-order chi connectivity index (χ1) is 14.2. The Hall–Kier alpha value is -2.71. The first-order valence-electron chi connectivity index (χ1n) is 10.4. The van der Waals surface area contributed by atoms with Crippen LogP contribution in [0.3, 0.4) is 0 Å². The summed E-state index contributed by atoms with van der Waals surface area (Å²) in [4.78, 5) is 42.0. The van der Waals surface area contributed by atoms with Crippen LogP contribution in [-0.2, 0) is 9.59 Å². The molecule has 2 aliphatic carbocycles. The van der Waals surface area contributed by atoms with Crippen molar-refractivity contribution in [2.45, 2.75) is 44.2 Å². The molecule has 7 nitrogen and oxygen atoms in total. The van der Waals surface area contributed by atoms with Crippen molar-refractivity contribution in [3.05, 3.63) is 29.8 Å². The molecular formula is C21H24F2N4O3. The van der Waals surface area contributed by atoms with Crippen LogP contribution in [0.2, 0.25) is 0 Å². The molecule has 4 aliphatic rings. The van der Waals surface area contributed by atoms with Crippen LogP contribution < -0.4 is 15.5 Å². The molecule has 5 rings (SSSR count). The monoisotopic (exact) mass is 418 g/mol. The number of nitrogens with zero attached hydrogens (tertiary/aromatic N) is 2. The lowest BCUT2D eigenvalue weighted by Gasteiger charge is -2.47. The zero-order valence-corrected chi connectivity index (χ0v) is 16.7. The van der Waals surface area contributed by atoms with E-state index in [1.807, 2.05) is 11.8 Å². The number of hydrogen-bond acceptors (Lipinski definition) is 4. The van der Waals surface area contributed by atoms with Crippen molar-refractivity contribution in [2.75, 3.05) is 24.5 Å². The minimum absolute atomic E-state index is 0.100. The highest BCUT2D eigenvalue weighted by Crippen LogP contribution is 2.61. The second-order valence-electron chi connectivity index (χ2n) is 9.13. The number of benzene rings is 1. The van der Waals surface area contributed by atoms with Crippen molar-refractivity contribution >= 4 is 23.5 Å². The number of halogens is 2. The van der Waals surface area contributed by atoms with Crippen LogP contribution in [0.4, 0.5) is 19.3 Å². The molecule has 1 aromatic carbocycles. The molecule has 4 atom stereocenters. The second-order valence-corrected chi connectivity index (χ2v) is 9.13. The van der Waals surface area contributed by atoms with E-state index in [0.29, 0.717) is 44.6 Å². The summed E-state index contributed by atoms with van der Waals surface area (Å²) < 4.78 is 27.3. The van der Waals surface area contributed by atoms with Gasteiger partial charge in [0.25, 0.3) is 5.91 Å². The number of imide groups is 1. The number of anilines is 1. The van der Waals surface area contributed by atoms with Gasteiger partial charge in [-0.15, -0.1) is 0 Å². The first-order valence-corrected chi connectivity index (χ1v) is 10.4. The topological polar surface area (TPSA) is 81.8 Å².